The zero-order valence-electron chi connectivity index (χ0n) is 16.3. The highest BCUT2D eigenvalue weighted by molar-refractivity contribution is 7.19. The number of amides is 1. The first kappa shape index (κ1) is 22.9. The molecule has 0 unspecified atom stereocenters. The predicted octanol–water partition coefficient (Wildman–Crippen LogP) is 7.04. The maximum atomic E-state index is 12.2. The normalized spacial score (nSPS) is 10.8. The fourth-order valence-electron chi connectivity index (χ4n) is 2.78. The number of benzene rings is 1. The van der Waals surface area contributed by atoms with Crippen LogP contribution in [0.2, 0.25) is 10.0 Å². The van der Waals surface area contributed by atoms with Gasteiger partial charge in [0.2, 0.25) is 10.3 Å². The van der Waals surface area contributed by atoms with Crippen molar-refractivity contribution in [2.75, 3.05) is 17.2 Å². The van der Waals surface area contributed by atoms with Crippen molar-refractivity contribution >= 4 is 50.7 Å². The zero-order valence-corrected chi connectivity index (χ0v) is 18.6. The maximum absolute atomic E-state index is 12.2. The van der Waals surface area contributed by atoms with E-state index in [2.05, 4.69) is 27.8 Å². The van der Waals surface area contributed by atoms with Gasteiger partial charge < -0.3 is 5.32 Å². The number of unbranched alkanes of at least 4 members (excludes halogenated alkanes) is 8. The molecule has 0 spiro atoms. The molecule has 1 aromatic heterocycles. The van der Waals surface area contributed by atoms with Gasteiger partial charge >= 0.3 is 0 Å². The van der Waals surface area contributed by atoms with E-state index in [0.717, 1.165) is 13.0 Å². The summed E-state index contributed by atoms with van der Waals surface area (Å²) in [5.74, 6) is -0.291. The Morgan fingerprint density at radius 1 is 0.929 bits per heavy atom. The van der Waals surface area contributed by atoms with Crippen molar-refractivity contribution in [3.05, 3.63) is 33.8 Å². The number of nitrogens with one attached hydrogen (secondary N) is 2. The Hall–Kier alpha value is -1.37. The summed E-state index contributed by atoms with van der Waals surface area (Å²) in [5, 5.41) is 16.0. The molecule has 8 heteroatoms. The van der Waals surface area contributed by atoms with E-state index in [9.17, 15) is 4.79 Å². The quantitative estimate of drug-likeness (QED) is 0.326. The predicted molar refractivity (Wildman–Crippen MR) is 120 cm³/mol. The number of hydrogen-bond donors (Lipinski definition) is 2. The maximum Gasteiger partial charge on any atom is 0.257 e. The Morgan fingerprint density at radius 3 is 2.25 bits per heavy atom. The third-order valence-corrected chi connectivity index (χ3v) is 5.92. The van der Waals surface area contributed by atoms with E-state index in [1.807, 2.05) is 0 Å². The Bertz CT molecular complexity index is 739. The number of hydrogen-bond acceptors (Lipinski definition) is 5. The molecule has 1 amide bonds. The van der Waals surface area contributed by atoms with Crippen molar-refractivity contribution in [3.8, 4) is 0 Å². The molecule has 2 aromatic rings. The Morgan fingerprint density at radius 2 is 1.57 bits per heavy atom. The highest BCUT2D eigenvalue weighted by Crippen LogP contribution is 2.24. The summed E-state index contributed by atoms with van der Waals surface area (Å²) in [5.41, 5.74) is 0.425. The lowest BCUT2D eigenvalue weighted by molar-refractivity contribution is 0.102. The largest absolute Gasteiger partial charge is 0.360 e. The molecule has 154 valence electrons. The van der Waals surface area contributed by atoms with E-state index in [4.69, 9.17) is 23.2 Å². The number of halogens is 2. The topological polar surface area (TPSA) is 66.9 Å². The van der Waals surface area contributed by atoms with Crippen LogP contribution in [0.4, 0.5) is 10.3 Å². The van der Waals surface area contributed by atoms with E-state index >= 15 is 0 Å². The molecular weight excluding hydrogens is 415 g/mol. The molecule has 0 bridgehead atoms. The summed E-state index contributed by atoms with van der Waals surface area (Å²) in [6.07, 6.45) is 11.7. The third-order valence-electron chi connectivity index (χ3n) is 4.38. The van der Waals surface area contributed by atoms with Crippen molar-refractivity contribution in [2.24, 2.45) is 0 Å². The van der Waals surface area contributed by atoms with Crippen LogP contribution in [0.15, 0.2) is 18.2 Å². The molecule has 0 fully saturated rings. The van der Waals surface area contributed by atoms with Gasteiger partial charge in [0.1, 0.15) is 0 Å². The van der Waals surface area contributed by atoms with Crippen molar-refractivity contribution in [2.45, 2.75) is 64.7 Å². The van der Waals surface area contributed by atoms with Crippen molar-refractivity contribution in [1.29, 1.82) is 0 Å². The second-order valence-electron chi connectivity index (χ2n) is 6.75. The standard InChI is InChI=1S/C20H28Cl2N4OS/c1-2-3-4-5-6-7-8-9-10-13-23-19-25-26-20(28-19)24-18(27)15-11-12-16(21)17(22)14-15/h11-12,14H,2-10,13H2,1H3,(H,23,25)(H,24,26,27). The first-order valence-corrected chi connectivity index (χ1v) is 11.5. The van der Waals surface area contributed by atoms with Crippen LogP contribution >= 0.6 is 34.5 Å². The monoisotopic (exact) mass is 442 g/mol. The second-order valence-corrected chi connectivity index (χ2v) is 8.54. The van der Waals surface area contributed by atoms with Gasteiger partial charge in [0.25, 0.3) is 5.91 Å². The van der Waals surface area contributed by atoms with Crippen LogP contribution in [0, 0.1) is 0 Å². The van der Waals surface area contributed by atoms with Crippen LogP contribution in [0.3, 0.4) is 0 Å². The summed E-state index contributed by atoms with van der Waals surface area (Å²) >= 11 is 13.1. The molecule has 0 aliphatic carbocycles. The number of nitrogens with zero attached hydrogens (tertiary/aromatic N) is 2. The minimum absolute atomic E-state index is 0.291. The first-order valence-electron chi connectivity index (χ1n) is 9.94. The number of aromatic nitrogens is 2. The molecule has 0 aliphatic rings. The van der Waals surface area contributed by atoms with E-state index in [0.29, 0.717) is 25.9 Å². The fraction of sp³-hybridized carbons (Fsp3) is 0.550. The molecule has 0 atom stereocenters. The summed E-state index contributed by atoms with van der Waals surface area (Å²) in [6, 6.07) is 4.74. The van der Waals surface area contributed by atoms with Gasteiger partial charge in [-0.3, -0.25) is 10.1 Å². The van der Waals surface area contributed by atoms with Crippen LogP contribution < -0.4 is 10.6 Å². The summed E-state index contributed by atoms with van der Waals surface area (Å²) in [4.78, 5) is 12.2. The summed E-state index contributed by atoms with van der Waals surface area (Å²) in [7, 11) is 0. The van der Waals surface area contributed by atoms with E-state index < -0.39 is 0 Å². The highest BCUT2D eigenvalue weighted by atomic mass is 35.5. The number of rotatable bonds is 13. The molecule has 0 saturated heterocycles. The fourth-order valence-corrected chi connectivity index (χ4v) is 3.75. The minimum atomic E-state index is -0.291. The van der Waals surface area contributed by atoms with Crippen molar-refractivity contribution in [3.63, 3.8) is 0 Å². The van der Waals surface area contributed by atoms with Gasteiger partial charge in [-0.15, -0.1) is 10.2 Å². The molecule has 0 aliphatic heterocycles. The smallest absolute Gasteiger partial charge is 0.257 e. The van der Waals surface area contributed by atoms with Crippen LogP contribution in [0.5, 0.6) is 0 Å². The van der Waals surface area contributed by atoms with Gasteiger partial charge in [-0.25, -0.2) is 0 Å². The van der Waals surface area contributed by atoms with Gasteiger partial charge in [-0.1, -0.05) is 92.8 Å². The molecule has 0 radical (unpaired) electrons. The van der Waals surface area contributed by atoms with Crippen molar-refractivity contribution < 1.29 is 4.79 Å². The Balaban J connectivity index is 1.61. The van der Waals surface area contributed by atoms with E-state index in [-0.39, 0.29) is 5.91 Å². The molecule has 28 heavy (non-hydrogen) atoms. The zero-order chi connectivity index (χ0) is 20.2. The molecule has 2 rings (SSSR count). The second kappa shape index (κ2) is 13.0. The number of carbonyl (C=O) groups excluding carboxylic acids is 1. The third kappa shape index (κ3) is 8.33. The van der Waals surface area contributed by atoms with Gasteiger partial charge in [-0.05, 0) is 24.6 Å². The van der Waals surface area contributed by atoms with E-state index in [1.165, 1.54) is 68.8 Å². The van der Waals surface area contributed by atoms with Crippen LogP contribution in [-0.4, -0.2) is 22.6 Å². The number of anilines is 2. The van der Waals surface area contributed by atoms with Crippen LogP contribution in [-0.2, 0) is 0 Å². The average molecular weight is 443 g/mol. The van der Waals surface area contributed by atoms with E-state index in [1.54, 1.807) is 12.1 Å². The Labute approximate surface area is 181 Å². The summed E-state index contributed by atoms with van der Waals surface area (Å²) < 4.78 is 0. The lowest BCUT2D eigenvalue weighted by Gasteiger charge is -2.03. The van der Waals surface area contributed by atoms with Crippen LogP contribution in [0.1, 0.15) is 75.1 Å². The molecular formula is C20H28Cl2N4OS. The van der Waals surface area contributed by atoms with Gasteiger partial charge in [-0.2, -0.15) is 0 Å². The molecule has 2 N–H and O–H groups in total. The average Bonchev–Trinajstić information content (AvgIpc) is 3.12. The molecule has 0 saturated carbocycles. The number of carbonyl (C=O) groups is 1. The molecule has 5 nitrogen and oxygen atoms in total. The Kier molecular flexibility index (Phi) is 10.6. The summed E-state index contributed by atoms with van der Waals surface area (Å²) in [6.45, 7) is 3.11. The van der Waals surface area contributed by atoms with Gasteiger partial charge in [0, 0.05) is 12.1 Å². The van der Waals surface area contributed by atoms with Crippen molar-refractivity contribution in [1.82, 2.24) is 10.2 Å². The van der Waals surface area contributed by atoms with Gasteiger partial charge in [0.15, 0.2) is 0 Å². The van der Waals surface area contributed by atoms with Gasteiger partial charge in [0.05, 0.1) is 10.0 Å². The highest BCUT2D eigenvalue weighted by Gasteiger charge is 2.11. The minimum Gasteiger partial charge on any atom is -0.360 e. The van der Waals surface area contributed by atoms with Crippen LogP contribution in [0.25, 0.3) is 0 Å². The first-order chi connectivity index (χ1) is 13.6. The molecule has 1 aromatic carbocycles. The lowest BCUT2D eigenvalue weighted by Crippen LogP contribution is -2.11. The lowest BCUT2D eigenvalue weighted by atomic mass is 10.1. The SMILES string of the molecule is CCCCCCCCCCCNc1nnc(NC(=O)c2ccc(Cl)c(Cl)c2)s1. The molecule has 1 heterocycles.